The van der Waals surface area contributed by atoms with Gasteiger partial charge in [0.1, 0.15) is 5.78 Å². The molecule has 0 saturated heterocycles. The molecule has 1 unspecified atom stereocenters. The van der Waals surface area contributed by atoms with Crippen LogP contribution in [0.2, 0.25) is 0 Å². The highest BCUT2D eigenvalue weighted by Crippen LogP contribution is 2.47. The van der Waals surface area contributed by atoms with Gasteiger partial charge >= 0.3 is 0 Å². The first-order valence-electron chi connectivity index (χ1n) is 6.28. The number of rotatable bonds is 3. The van der Waals surface area contributed by atoms with Crippen LogP contribution in [0.3, 0.4) is 0 Å². The molecule has 1 aliphatic rings. The van der Waals surface area contributed by atoms with E-state index in [9.17, 15) is 4.79 Å². The number of fused-ring (bicyclic) bond motifs is 1. The average Bonchev–Trinajstić information content (AvgIpc) is 2.61. The van der Waals surface area contributed by atoms with Crippen molar-refractivity contribution in [2.24, 2.45) is 0 Å². The van der Waals surface area contributed by atoms with Crippen LogP contribution in [0.15, 0.2) is 0 Å². The molecule has 0 fully saturated rings. The van der Waals surface area contributed by atoms with E-state index in [2.05, 4.69) is 9.47 Å². The Morgan fingerprint density at radius 3 is 2.00 bits per heavy atom. The van der Waals surface area contributed by atoms with Crippen LogP contribution in [0.1, 0.15) is 29.5 Å². The third-order valence-electron chi connectivity index (χ3n) is 3.68. The van der Waals surface area contributed by atoms with Gasteiger partial charge in [0.25, 0.3) is 0 Å². The molecule has 0 saturated carbocycles. The smallest absolute Gasteiger partial charge is 0.204 e. The molecule has 0 bridgehead atoms. The van der Waals surface area contributed by atoms with E-state index in [1.165, 1.54) is 0 Å². The van der Waals surface area contributed by atoms with Crippen molar-refractivity contribution in [3.63, 3.8) is 0 Å². The molecule has 0 aromatic heterocycles. The molecule has 19 heavy (non-hydrogen) atoms. The van der Waals surface area contributed by atoms with Gasteiger partial charge in [0.2, 0.25) is 5.75 Å². The van der Waals surface area contributed by atoms with Crippen LogP contribution >= 0.6 is 9.47 Å². The van der Waals surface area contributed by atoms with Crippen molar-refractivity contribution in [1.29, 1.82) is 0 Å². The molecular weight excluding hydrogens is 263 g/mol. The van der Waals surface area contributed by atoms with Gasteiger partial charge in [-0.1, -0.05) is 0 Å². The van der Waals surface area contributed by atoms with Gasteiger partial charge in [0, 0.05) is 18.4 Å². The van der Waals surface area contributed by atoms with Gasteiger partial charge in [0.05, 0.1) is 23.7 Å². The molecule has 5 heteroatoms. The topological polar surface area (TPSA) is 44.8 Å². The van der Waals surface area contributed by atoms with Gasteiger partial charge in [0.15, 0.2) is 11.5 Å². The van der Waals surface area contributed by atoms with Crippen molar-refractivity contribution in [3.05, 3.63) is 16.7 Å². The number of Topliss-reactive ketones (excluding diaryl/α,β-unsaturated/α-hetero) is 1. The Balaban J connectivity index is 2.69. The monoisotopic (exact) mass is 282 g/mol. The lowest BCUT2D eigenvalue weighted by atomic mass is 9.95. The van der Waals surface area contributed by atoms with Crippen LogP contribution < -0.4 is 14.0 Å². The minimum absolute atomic E-state index is 0.295. The highest BCUT2D eigenvalue weighted by molar-refractivity contribution is 7.10. The van der Waals surface area contributed by atoms with E-state index in [0.717, 1.165) is 23.1 Å². The fourth-order valence-electron chi connectivity index (χ4n) is 2.72. The van der Waals surface area contributed by atoms with E-state index in [0.29, 0.717) is 42.3 Å². The van der Waals surface area contributed by atoms with E-state index >= 15 is 0 Å². The second-order valence-electron chi connectivity index (χ2n) is 4.63. The summed E-state index contributed by atoms with van der Waals surface area (Å²) in [6.45, 7) is 2.00. The lowest BCUT2D eigenvalue weighted by Crippen LogP contribution is -2.04. The zero-order valence-electron chi connectivity index (χ0n) is 11.5. The summed E-state index contributed by atoms with van der Waals surface area (Å²) in [6.07, 6.45) is 2.57. The molecule has 0 spiro atoms. The first-order chi connectivity index (χ1) is 9.13. The summed E-state index contributed by atoms with van der Waals surface area (Å²) in [5, 5.41) is 0. The summed E-state index contributed by atoms with van der Waals surface area (Å²) >= 11 is 0. The SMILES string of the molecule is COc1c(C)c2c(c(OP)c1OC)CCC(=O)CC2. The van der Waals surface area contributed by atoms with Crippen LogP contribution in [0.5, 0.6) is 17.2 Å². The number of carbonyl (C=O) groups is 1. The number of ketones is 1. The van der Waals surface area contributed by atoms with Gasteiger partial charge in [-0.2, -0.15) is 0 Å². The number of benzene rings is 1. The summed E-state index contributed by atoms with van der Waals surface area (Å²) in [5.41, 5.74) is 3.26. The Labute approximate surface area is 115 Å². The fourth-order valence-corrected chi connectivity index (χ4v) is 2.97. The Kier molecular flexibility index (Phi) is 4.31. The molecule has 2 rings (SSSR count). The van der Waals surface area contributed by atoms with Gasteiger partial charge in [-0.3, -0.25) is 4.79 Å². The molecule has 0 amide bonds. The van der Waals surface area contributed by atoms with Crippen LogP contribution in [0.25, 0.3) is 0 Å². The fraction of sp³-hybridized carbons (Fsp3) is 0.500. The summed E-state index contributed by atoms with van der Waals surface area (Å²) in [4.78, 5) is 11.7. The summed E-state index contributed by atoms with van der Waals surface area (Å²) in [7, 11) is 5.46. The van der Waals surface area contributed by atoms with E-state index in [1.807, 2.05) is 6.92 Å². The lowest BCUT2D eigenvalue weighted by Gasteiger charge is -2.21. The third kappa shape index (κ3) is 2.42. The van der Waals surface area contributed by atoms with Crippen LogP contribution in [0, 0.1) is 6.92 Å². The molecule has 104 valence electrons. The molecule has 0 heterocycles. The average molecular weight is 282 g/mol. The van der Waals surface area contributed by atoms with Crippen LogP contribution in [-0.4, -0.2) is 20.0 Å². The van der Waals surface area contributed by atoms with Gasteiger partial charge in [-0.15, -0.1) is 0 Å². The maximum atomic E-state index is 11.7. The standard InChI is InChI=1S/C14H19O4P/c1-8-10-6-4-9(15)5-7-11(10)13(18-19)14(17-3)12(8)16-2/h4-7,19H2,1-3H3. The normalized spacial score (nSPS) is 14.6. The van der Waals surface area contributed by atoms with E-state index < -0.39 is 0 Å². The molecule has 1 aromatic rings. The maximum absolute atomic E-state index is 11.7. The maximum Gasteiger partial charge on any atom is 0.204 e. The predicted octanol–water partition coefficient (Wildman–Crippen LogP) is 2.63. The molecule has 0 aliphatic heterocycles. The van der Waals surface area contributed by atoms with Gasteiger partial charge in [-0.25, -0.2) is 0 Å². The van der Waals surface area contributed by atoms with Crippen molar-refractivity contribution in [1.82, 2.24) is 0 Å². The molecule has 4 nitrogen and oxygen atoms in total. The number of hydrogen-bond donors (Lipinski definition) is 0. The van der Waals surface area contributed by atoms with E-state index in [-0.39, 0.29) is 0 Å². The highest BCUT2D eigenvalue weighted by Gasteiger charge is 2.26. The summed E-state index contributed by atoms with van der Waals surface area (Å²) in [6, 6.07) is 0. The highest BCUT2D eigenvalue weighted by atomic mass is 31.0. The van der Waals surface area contributed by atoms with Gasteiger partial charge < -0.3 is 14.0 Å². The Bertz CT molecular complexity index is 511. The zero-order chi connectivity index (χ0) is 14.0. The summed E-state index contributed by atoms with van der Waals surface area (Å²) < 4.78 is 16.3. The molecule has 1 aromatic carbocycles. The second-order valence-corrected chi connectivity index (χ2v) is 4.87. The molecule has 0 radical (unpaired) electrons. The molecule has 1 aliphatic carbocycles. The Hall–Kier alpha value is -1.28. The molecule has 0 N–H and O–H groups in total. The number of ether oxygens (including phenoxy) is 2. The van der Waals surface area contributed by atoms with E-state index in [4.69, 9.17) is 14.0 Å². The molecular formula is C14H19O4P. The first kappa shape index (κ1) is 14.1. The van der Waals surface area contributed by atoms with Crippen LogP contribution in [0.4, 0.5) is 0 Å². The van der Waals surface area contributed by atoms with Gasteiger partial charge in [-0.05, 0) is 30.9 Å². The van der Waals surface area contributed by atoms with E-state index in [1.54, 1.807) is 14.2 Å². The predicted molar refractivity (Wildman–Crippen MR) is 76.3 cm³/mol. The quantitative estimate of drug-likeness (QED) is 0.631. The number of hydrogen-bond acceptors (Lipinski definition) is 4. The second kappa shape index (κ2) is 5.79. The lowest BCUT2D eigenvalue weighted by molar-refractivity contribution is -0.118. The van der Waals surface area contributed by atoms with Crippen LogP contribution in [-0.2, 0) is 17.6 Å². The van der Waals surface area contributed by atoms with Crippen molar-refractivity contribution in [2.45, 2.75) is 32.6 Å². The summed E-state index contributed by atoms with van der Waals surface area (Å²) in [5.74, 6) is 2.25. The number of carbonyl (C=O) groups excluding carboxylic acids is 1. The number of methoxy groups -OCH3 is 2. The first-order valence-corrected chi connectivity index (χ1v) is 6.75. The minimum atomic E-state index is 0.295. The third-order valence-corrected chi connectivity index (χ3v) is 3.91. The van der Waals surface area contributed by atoms with Crippen molar-refractivity contribution < 1.29 is 18.8 Å². The Morgan fingerprint density at radius 2 is 1.47 bits per heavy atom. The van der Waals surface area contributed by atoms with Crippen molar-refractivity contribution in [3.8, 4) is 17.2 Å². The largest absolute Gasteiger partial charge is 0.492 e. The van der Waals surface area contributed by atoms with Crippen molar-refractivity contribution >= 4 is 15.2 Å². The van der Waals surface area contributed by atoms with Crippen molar-refractivity contribution in [2.75, 3.05) is 14.2 Å². The minimum Gasteiger partial charge on any atom is -0.492 e. The Morgan fingerprint density at radius 1 is 0.895 bits per heavy atom. The molecule has 1 atom stereocenters. The zero-order valence-corrected chi connectivity index (χ0v) is 12.7.